The summed E-state index contributed by atoms with van der Waals surface area (Å²) < 4.78 is 28.3. The van der Waals surface area contributed by atoms with Crippen molar-refractivity contribution >= 4 is 0 Å². The molecule has 2 rings (SSSR count). The number of hydrogen-bond donors (Lipinski definition) is 1. The molecule has 112 valence electrons. The van der Waals surface area contributed by atoms with E-state index in [0.717, 1.165) is 6.42 Å². The second kappa shape index (κ2) is 7.16. The molecule has 1 nitrogen and oxygen atoms in total. The first-order chi connectivity index (χ1) is 9.63. The summed E-state index contributed by atoms with van der Waals surface area (Å²) in [6.07, 6.45) is 8.30. The van der Waals surface area contributed by atoms with Crippen molar-refractivity contribution < 1.29 is 8.78 Å². The Morgan fingerprint density at radius 1 is 1.15 bits per heavy atom. The van der Waals surface area contributed by atoms with Gasteiger partial charge in [0.25, 0.3) is 0 Å². The number of hydrogen-bond acceptors (Lipinski definition) is 1. The summed E-state index contributed by atoms with van der Waals surface area (Å²) in [5, 5.41) is 3.11. The Morgan fingerprint density at radius 2 is 1.80 bits per heavy atom. The highest BCUT2D eigenvalue weighted by Gasteiger charge is 2.24. The van der Waals surface area contributed by atoms with Gasteiger partial charge in [-0.25, -0.2) is 8.78 Å². The Bertz CT molecular complexity index is 437. The lowest BCUT2D eigenvalue weighted by Gasteiger charge is -2.24. The molecule has 0 amide bonds. The number of halogens is 2. The van der Waals surface area contributed by atoms with Crippen LogP contribution < -0.4 is 5.32 Å². The van der Waals surface area contributed by atoms with Crippen LogP contribution in [-0.4, -0.2) is 7.05 Å². The van der Waals surface area contributed by atoms with Gasteiger partial charge in [0.2, 0.25) is 0 Å². The fraction of sp³-hybridized carbons (Fsp3) is 0.647. The Labute approximate surface area is 120 Å². The fourth-order valence-corrected chi connectivity index (χ4v) is 3.31. The van der Waals surface area contributed by atoms with Crippen LogP contribution in [0.15, 0.2) is 12.1 Å². The van der Waals surface area contributed by atoms with E-state index in [0.29, 0.717) is 11.5 Å². The van der Waals surface area contributed by atoms with Crippen LogP contribution >= 0.6 is 0 Å². The molecule has 1 aromatic rings. The molecule has 0 saturated heterocycles. The van der Waals surface area contributed by atoms with Crippen molar-refractivity contribution in [2.24, 2.45) is 5.92 Å². The second-order valence-electron chi connectivity index (χ2n) is 6.03. The molecular formula is C17H25F2N. The van der Waals surface area contributed by atoms with Gasteiger partial charge < -0.3 is 5.32 Å². The largest absolute Gasteiger partial charge is 0.313 e. The highest BCUT2D eigenvalue weighted by Crippen LogP contribution is 2.33. The molecule has 0 spiro atoms. The summed E-state index contributed by atoms with van der Waals surface area (Å²) in [5.41, 5.74) is 0.735. The van der Waals surface area contributed by atoms with E-state index in [1.165, 1.54) is 50.7 Å². The summed E-state index contributed by atoms with van der Waals surface area (Å²) in [7, 11) is 1.79. The van der Waals surface area contributed by atoms with Crippen LogP contribution in [0.25, 0.3) is 0 Å². The molecule has 1 N–H and O–H groups in total. The maximum absolute atomic E-state index is 14.3. The molecular weight excluding hydrogens is 256 g/mol. The molecule has 1 aromatic carbocycles. The number of nitrogens with one attached hydrogen (secondary N) is 1. The lowest BCUT2D eigenvalue weighted by molar-refractivity contribution is 0.353. The molecule has 1 aliphatic carbocycles. The molecule has 1 unspecified atom stereocenters. The molecule has 0 aliphatic heterocycles. The minimum atomic E-state index is -0.430. The third-order valence-corrected chi connectivity index (χ3v) is 4.56. The van der Waals surface area contributed by atoms with Gasteiger partial charge in [-0.1, -0.05) is 44.6 Å². The Balaban J connectivity index is 2.17. The van der Waals surface area contributed by atoms with Crippen molar-refractivity contribution in [3.05, 3.63) is 34.9 Å². The maximum atomic E-state index is 14.3. The lowest BCUT2D eigenvalue weighted by Crippen LogP contribution is -2.22. The van der Waals surface area contributed by atoms with Gasteiger partial charge in [0.1, 0.15) is 11.6 Å². The molecule has 3 heteroatoms. The van der Waals surface area contributed by atoms with Gasteiger partial charge in [-0.3, -0.25) is 0 Å². The van der Waals surface area contributed by atoms with Crippen LogP contribution in [0.1, 0.15) is 62.1 Å². The van der Waals surface area contributed by atoms with Gasteiger partial charge in [-0.05, 0) is 37.9 Å². The second-order valence-corrected chi connectivity index (χ2v) is 6.03. The van der Waals surface area contributed by atoms with Gasteiger partial charge in [0, 0.05) is 11.6 Å². The third kappa shape index (κ3) is 3.57. The van der Waals surface area contributed by atoms with Crippen LogP contribution in [0.3, 0.4) is 0 Å². The van der Waals surface area contributed by atoms with Crippen LogP contribution in [0.4, 0.5) is 8.78 Å². The predicted octanol–water partition coefficient (Wildman–Crippen LogP) is 4.89. The number of rotatable bonds is 4. The molecule has 0 heterocycles. The lowest BCUT2D eigenvalue weighted by atomic mass is 9.88. The van der Waals surface area contributed by atoms with E-state index in [-0.39, 0.29) is 11.6 Å². The normalized spacial score (nSPS) is 18.8. The molecule has 1 fully saturated rings. The van der Waals surface area contributed by atoms with Crippen molar-refractivity contribution in [3.8, 4) is 0 Å². The van der Waals surface area contributed by atoms with Crippen molar-refractivity contribution in [3.63, 3.8) is 0 Å². The summed E-state index contributed by atoms with van der Waals surface area (Å²) >= 11 is 0. The van der Waals surface area contributed by atoms with E-state index in [4.69, 9.17) is 0 Å². The van der Waals surface area contributed by atoms with Crippen molar-refractivity contribution in [1.29, 1.82) is 0 Å². The van der Waals surface area contributed by atoms with Gasteiger partial charge in [-0.15, -0.1) is 0 Å². The molecule has 0 bridgehead atoms. The van der Waals surface area contributed by atoms with Gasteiger partial charge >= 0.3 is 0 Å². The van der Waals surface area contributed by atoms with Gasteiger partial charge in [0.15, 0.2) is 0 Å². The highest BCUT2D eigenvalue weighted by molar-refractivity contribution is 5.29. The Kier molecular flexibility index (Phi) is 5.53. The first-order valence-electron chi connectivity index (χ1n) is 7.75. The first-order valence-corrected chi connectivity index (χ1v) is 7.75. The van der Waals surface area contributed by atoms with Gasteiger partial charge in [-0.2, -0.15) is 0 Å². The van der Waals surface area contributed by atoms with Crippen LogP contribution in [-0.2, 0) is 0 Å². The SMILES string of the molecule is CNC(CC1CCCCCC1)c1c(F)ccc(C)c1F. The van der Waals surface area contributed by atoms with Crippen molar-refractivity contribution in [2.75, 3.05) is 7.05 Å². The maximum Gasteiger partial charge on any atom is 0.133 e. The fourth-order valence-electron chi connectivity index (χ4n) is 3.31. The molecule has 0 radical (unpaired) electrons. The Morgan fingerprint density at radius 3 is 2.40 bits per heavy atom. The van der Waals surface area contributed by atoms with E-state index in [2.05, 4.69) is 5.32 Å². The van der Waals surface area contributed by atoms with Crippen LogP contribution in [0, 0.1) is 24.5 Å². The standard InChI is InChI=1S/C17H25F2N/c1-12-9-10-14(18)16(17(12)19)15(20-2)11-13-7-5-3-4-6-8-13/h9-10,13,15,20H,3-8,11H2,1-2H3. The number of benzene rings is 1. The van der Waals surface area contributed by atoms with Crippen molar-refractivity contribution in [1.82, 2.24) is 5.32 Å². The zero-order chi connectivity index (χ0) is 14.5. The average Bonchev–Trinajstić information content (AvgIpc) is 2.70. The average molecular weight is 281 g/mol. The van der Waals surface area contributed by atoms with Crippen LogP contribution in [0.5, 0.6) is 0 Å². The zero-order valence-corrected chi connectivity index (χ0v) is 12.5. The quantitative estimate of drug-likeness (QED) is 0.774. The van der Waals surface area contributed by atoms with E-state index in [1.54, 1.807) is 14.0 Å². The summed E-state index contributed by atoms with van der Waals surface area (Å²) in [5.74, 6) is -0.242. The molecule has 0 aromatic heterocycles. The van der Waals surface area contributed by atoms with Crippen LogP contribution in [0.2, 0.25) is 0 Å². The minimum absolute atomic E-state index is 0.219. The van der Waals surface area contributed by atoms with E-state index in [9.17, 15) is 8.78 Å². The summed E-state index contributed by atoms with van der Waals surface area (Å²) in [6, 6.07) is 2.66. The molecule has 1 saturated carbocycles. The summed E-state index contributed by atoms with van der Waals surface area (Å²) in [4.78, 5) is 0. The zero-order valence-electron chi connectivity index (χ0n) is 12.5. The molecule has 20 heavy (non-hydrogen) atoms. The Hall–Kier alpha value is -0.960. The summed E-state index contributed by atoms with van der Waals surface area (Å²) in [6.45, 7) is 1.69. The van der Waals surface area contributed by atoms with Gasteiger partial charge in [0.05, 0.1) is 0 Å². The minimum Gasteiger partial charge on any atom is -0.313 e. The van der Waals surface area contributed by atoms with Crippen molar-refractivity contribution in [2.45, 2.75) is 57.9 Å². The predicted molar refractivity (Wildman–Crippen MR) is 78.7 cm³/mol. The molecule has 1 atom stereocenters. The molecule has 1 aliphatic rings. The first kappa shape index (κ1) is 15.4. The highest BCUT2D eigenvalue weighted by atomic mass is 19.1. The van der Waals surface area contributed by atoms with E-state index >= 15 is 0 Å². The van der Waals surface area contributed by atoms with E-state index < -0.39 is 11.6 Å². The number of aryl methyl sites for hydroxylation is 1. The topological polar surface area (TPSA) is 12.0 Å². The van der Waals surface area contributed by atoms with E-state index in [1.807, 2.05) is 0 Å². The third-order valence-electron chi connectivity index (χ3n) is 4.56. The monoisotopic (exact) mass is 281 g/mol. The smallest absolute Gasteiger partial charge is 0.133 e.